The van der Waals surface area contributed by atoms with Gasteiger partial charge in [0.25, 0.3) is 0 Å². The van der Waals surface area contributed by atoms with Crippen molar-refractivity contribution in [2.75, 3.05) is 20.7 Å². The predicted molar refractivity (Wildman–Crippen MR) is 93.6 cm³/mol. The zero-order chi connectivity index (χ0) is 17.9. The molecule has 128 valence electrons. The smallest absolute Gasteiger partial charge is 0.227 e. The van der Waals surface area contributed by atoms with Gasteiger partial charge < -0.3 is 14.2 Å². The van der Waals surface area contributed by atoms with Crippen molar-refractivity contribution < 1.29 is 14.3 Å². The number of likely N-dealkylation sites (N-methyl/N-ethyl adjacent to an activating group) is 1. The van der Waals surface area contributed by atoms with Gasteiger partial charge in [0.15, 0.2) is 0 Å². The van der Waals surface area contributed by atoms with Crippen LogP contribution >= 0.6 is 0 Å². The maximum atomic E-state index is 12.8. The second-order valence-electron chi connectivity index (χ2n) is 5.98. The van der Waals surface area contributed by atoms with Crippen LogP contribution < -0.4 is 4.74 Å². The molecule has 0 atom stereocenters. The molecule has 2 rings (SSSR count). The zero-order valence-electron chi connectivity index (χ0n) is 14.9. The Balaban J connectivity index is 2.29. The normalized spacial score (nSPS) is 10.5. The molecular weight excluding hydrogens is 304 g/mol. The van der Waals surface area contributed by atoms with E-state index in [1.807, 2.05) is 31.5 Å². The molecule has 2 aromatic rings. The molecule has 0 fully saturated rings. The number of aromatic nitrogens is 1. The minimum atomic E-state index is -0.0541. The van der Waals surface area contributed by atoms with E-state index in [0.29, 0.717) is 17.9 Å². The number of ether oxygens (including phenoxy) is 1. The first kappa shape index (κ1) is 17.8. The molecule has 0 aliphatic carbocycles. The van der Waals surface area contributed by atoms with E-state index in [1.165, 1.54) is 0 Å². The van der Waals surface area contributed by atoms with Crippen molar-refractivity contribution in [3.05, 3.63) is 52.8 Å². The molecule has 1 heterocycles. The summed E-state index contributed by atoms with van der Waals surface area (Å²) in [5.74, 6) is 0.701. The van der Waals surface area contributed by atoms with Crippen LogP contribution in [0.25, 0.3) is 0 Å². The monoisotopic (exact) mass is 328 g/mol. The first-order valence-electron chi connectivity index (χ1n) is 7.98. The molecule has 0 aliphatic heterocycles. The van der Waals surface area contributed by atoms with Crippen LogP contribution in [0, 0.1) is 6.92 Å². The fourth-order valence-electron chi connectivity index (χ4n) is 2.64. The summed E-state index contributed by atoms with van der Waals surface area (Å²) in [5.41, 5.74) is 2.92. The third kappa shape index (κ3) is 3.67. The van der Waals surface area contributed by atoms with Crippen molar-refractivity contribution in [3.8, 4) is 5.75 Å². The van der Waals surface area contributed by atoms with E-state index < -0.39 is 0 Å². The molecule has 1 aromatic heterocycles. The van der Waals surface area contributed by atoms with E-state index in [1.54, 1.807) is 43.3 Å². The Morgan fingerprint density at radius 3 is 2.33 bits per heavy atom. The topological polar surface area (TPSA) is 51.5 Å². The molecule has 0 aliphatic rings. The molecule has 0 unspecified atom stereocenters. The van der Waals surface area contributed by atoms with Crippen molar-refractivity contribution in [1.82, 2.24) is 9.47 Å². The summed E-state index contributed by atoms with van der Waals surface area (Å²) in [7, 11) is 5.28. The van der Waals surface area contributed by atoms with Crippen LogP contribution in [0.15, 0.2) is 30.3 Å². The Hall–Kier alpha value is -2.56. The molecule has 0 saturated heterocycles. The average molecular weight is 328 g/mol. The van der Waals surface area contributed by atoms with Gasteiger partial charge in [0, 0.05) is 32.4 Å². The van der Waals surface area contributed by atoms with E-state index in [4.69, 9.17) is 4.74 Å². The lowest BCUT2D eigenvalue weighted by molar-refractivity contribution is -0.128. The Bertz CT molecular complexity index is 743. The molecule has 0 radical (unpaired) electrons. The number of carbonyl (C=O) groups excluding carboxylic acids is 2. The van der Waals surface area contributed by atoms with Gasteiger partial charge in [-0.25, -0.2) is 0 Å². The number of nitrogens with zero attached hydrogens (tertiary/aromatic N) is 2. The lowest BCUT2D eigenvalue weighted by Gasteiger charge is -2.12. The molecule has 0 N–H and O–H groups in total. The van der Waals surface area contributed by atoms with Gasteiger partial charge in [-0.1, -0.05) is 0 Å². The van der Waals surface area contributed by atoms with Gasteiger partial charge in [-0.3, -0.25) is 9.59 Å². The lowest BCUT2D eigenvalue weighted by Crippen LogP contribution is -2.24. The highest BCUT2D eigenvalue weighted by Crippen LogP contribution is 2.21. The Labute approximate surface area is 142 Å². The molecule has 0 bridgehead atoms. The number of ketones is 1. The lowest BCUT2D eigenvalue weighted by atomic mass is 10.1. The number of carbonyl (C=O) groups is 2. The fraction of sp³-hybridized carbons (Fsp3) is 0.368. The Morgan fingerprint density at radius 1 is 1.17 bits per heavy atom. The highest BCUT2D eigenvalue weighted by molar-refractivity contribution is 6.09. The molecule has 1 aromatic carbocycles. The van der Waals surface area contributed by atoms with Crippen molar-refractivity contribution in [2.24, 2.45) is 7.05 Å². The number of amides is 1. The number of rotatable bonds is 6. The summed E-state index contributed by atoms with van der Waals surface area (Å²) >= 11 is 0. The Morgan fingerprint density at radius 2 is 1.79 bits per heavy atom. The van der Waals surface area contributed by atoms with Gasteiger partial charge in [0.2, 0.25) is 11.7 Å². The van der Waals surface area contributed by atoms with Crippen molar-refractivity contribution >= 4 is 11.7 Å². The molecular formula is C19H24N2O3. The summed E-state index contributed by atoms with van der Waals surface area (Å²) in [4.78, 5) is 26.3. The second-order valence-corrected chi connectivity index (χ2v) is 5.98. The molecule has 5 nitrogen and oxygen atoms in total. The highest BCUT2D eigenvalue weighted by atomic mass is 16.5. The maximum Gasteiger partial charge on any atom is 0.227 e. The third-order valence-electron chi connectivity index (χ3n) is 4.00. The number of hydrogen-bond acceptors (Lipinski definition) is 3. The standard InChI is InChI=1S/C19H24N2O3/c1-6-24-16-9-7-14(8-10-16)19(23)18-13(2)11-15(21(18)5)12-17(22)20(3)4/h7-11H,6,12H2,1-5H3. The largest absolute Gasteiger partial charge is 0.494 e. The second kappa shape index (κ2) is 7.34. The van der Waals surface area contributed by atoms with Gasteiger partial charge in [-0.15, -0.1) is 0 Å². The minimum Gasteiger partial charge on any atom is -0.494 e. The van der Waals surface area contributed by atoms with Gasteiger partial charge in [-0.2, -0.15) is 0 Å². The number of aryl methyl sites for hydroxylation is 1. The Kier molecular flexibility index (Phi) is 5.44. The van der Waals surface area contributed by atoms with Crippen LogP contribution in [0.3, 0.4) is 0 Å². The minimum absolute atomic E-state index is 0.00988. The van der Waals surface area contributed by atoms with Gasteiger partial charge in [-0.05, 0) is 49.7 Å². The fourth-order valence-corrected chi connectivity index (χ4v) is 2.64. The van der Waals surface area contributed by atoms with Crippen LogP contribution in [-0.2, 0) is 18.3 Å². The van der Waals surface area contributed by atoms with E-state index in [-0.39, 0.29) is 18.1 Å². The summed E-state index contributed by atoms with van der Waals surface area (Å²) in [5, 5.41) is 0. The maximum absolute atomic E-state index is 12.8. The van der Waals surface area contributed by atoms with E-state index in [9.17, 15) is 9.59 Å². The van der Waals surface area contributed by atoms with Crippen LogP contribution in [0.5, 0.6) is 5.75 Å². The predicted octanol–water partition coefficient (Wildman–Crippen LogP) is 2.59. The van der Waals surface area contributed by atoms with Crippen LogP contribution in [0.1, 0.15) is 34.2 Å². The summed E-state index contributed by atoms with van der Waals surface area (Å²) in [6, 6.07) is 9.04. The molecule has 0 saturated carbocycles. The summed E-state index contributed by atoms with van der Waals surface area (Å²) in [6.45, 7) is 4.40. The first-order chi connectivity index (χ1) is 11.3. The zero-order valence-corrected chi connectivity index (χ0v) is 14.9. The highest BCUT2D eigenvalue weighted by Gasteiger charge is 2.20. The van der Waals surface area contributed by atoms with Crippen LogP contribution in [-0.4, -0.2) is 41.9 Å². The quantitative estimate of drug-likeness (QED) is 0.766. The molecule has 0 spiro atoms. The third-order valence-corrected chi connectivity index (χ3v) is 4.00. The van der Waals surface area contributed by atoms with Crippen molar-refractivity contribution in [1.29, 1.82) is 0 Å². The number of hydrogen-bond donors (Lipinski definition) is 0. The molecule has 1 amide bonds. The van der Waals surface area contributed by atoms with Crippen molar-refractivity contribution in [2.45, 2.75) is 20.3 Å². The first-order valence-corrected chi connectivity index (χ1v) is 7.98. The SMILES string of the molecule is CCOc1ccc(C(=O)c2c(C)cc(CC(=O)N(C)C)n2C)cc1. The molecule has 24 heavy (non-hydrogen) atoms. The molecule has 5 heteroatoms. The van der Waals surface area contributed by atoms with E-state index in [2.05, 4.69) is 0 Å². The average Bonchev–Trinajstić information content (AvgIpc) is 2.81. The van der Waals surface area contributed by atoms with Crippen molar-refractivity contribution in [3.63, 3.8) is 0 Å². The van der Waals surface area contributed by atoms with Gasteiger partial charge >= 0.3 is 0 Å². The van der Waals surface area contributed by atoms with E-state index >= 15 is 0 Å². The van der Waals surface area contributed by atoms with Crippen LogP contribution in [0.4, 0.5) is 0 Å². The number of benzene rings is 1. The van der Waals surface area contributed by atoms with Crippen LogP contribution in [0.2, 0.25) is 0 Å². The summed E-state index contributed by atoms with van der Waals surface area (Å²) in [6.07, 6.45) is 0.279. The van der Waals surface area contributed by atoms with Gasteiger partial charge in [0.05, 0.1) is 18.7 Å². The summed E-state index contributed by atoms with van der Waals surface area (Å²) < 4.78 is 7.22. The van der Waals surface area contributed by atoms with E-state index in [0.717, 1.165) is 17.0 Å². The van der Waals surface area contributed by atoms with Gasteiger partial charge in [0.1, 0.15) is 5.75 Å².